The minimum absolute atomic E-state index is 0.704. The zero-order valence-electron chi connectivity index (χ0n) is 17.3. The number of rotatable bonds is 3. The average Bonchev–Trinajstić information content (AvgIpc) is 2.88. The standard InChI is InChI=1S/C28H20N4/c1-3-11-20(12-4-1)24-19-27(31-28(30-24)21-13-5-2-6-14-21)32-25-17-9-7-15-22(25)29-23-16-8-10-18-26(23)32/h1-19,29H. The van der Waals surface area contributed by atoms with Crippen LogP contribution in [0.5, 0.6) is 0 Å². The van der Waals surface area contributed by atoms with Crippen molar-refractivity contribution in [1.82, 2.24) is 9.97 Å². The van der Waals surface area contributed by atoms with Gasteiger partial charge in [0.2, 0.25) is 0 Å². The summed E-state index contributed by atoms with van der Waals surface area (Å²) in [6.07, 6.45) is 0. The van der Waals surface area contributed by atoms with Gasteiger partial charge in [-0.25, -0.2) is 9.97 Å². The molecule has 6 rings (SSSR count). The fraction of sp³-hybridized carbons (Fsp3) is 0. The molecule has 152 valence electrons. The second-order valence-corrected chi connectivity index (χ2v) is 7.66. The first kappa shape index (κ1) is 18.3. The first-order chi connectivity index (χ1) is 15.9. The fourth-order valence-corrected chi connectivity index (χ4v) is 4.09. The van der Waals surface area contributed by atoms with E-state index in [0.29, 0.717) is 5.82 Å². The first-order valence-corrected chi connectivity index (χ1v) is 10.6. The van der Waals surface area contributed by atoms with Gasteiger partial charge in [0.1, 0.15) is 5.82 Å². The van der Waals surface area contributed by atoms with Crippen LogP contribution in [-0.4, -0.2) is 9.97 Å². The molecular weight excluding hydrogens is 392 g/mol. The summed E-state index contributed by atoms with van der Waals surface area (Å²) in [5.74, 6) is 1.54. The van der Waals surface area contributed by atoms with Crippen molar-refractivity contribution in [3.8, 4) is 22.6 Å². The predicted molar refractivity (Wildman–Crippen MR) is 131 cm³/mol. The lowest BCUT2D eigenvalue weighted by molar-refractivity contribution is 1.12. The Morgan fingerprint density at radius 3 is 1.69 bits per heavy atom. The van der Waals surface area contributed by atoms with E-state index in [9.17, 15) is 0 Å². The highest BCUT2D eigenvalue weighted by Gasteiger charge is 2.25. The molecule has 5 aromatic rings. The van der Waals surface area contributed by atoms with E-state index in [4.69, 9.17) is 9.97 Å². The zero-order chi connectivity index (χ0) is 21.3. The Bertz CT molecular complexity index is 1290. The van der Waals surface area contributed by atoms with Crippen LogP contribution < -0.4 is 10.2 Å². The van der Waals surface area contributed by atoms with Crippen LogP contribution in [-0.2, 0) is 0 Å². The molecule has 0 unspecified atom stereocenters. The Kier molecular flexibility index (Phi) is 4.40. The molecule has 0 radical (unpaired) electrons. The summed E-state index contributed by atoms with van der Waals surface area (Å²) in [5.41, 5.74) is 7.15. The molecule has 0 spiro atoms. The Balaban J connectivity index is 1.61. The first-order valence-electron chi connectivity index (χ1n) is 10.6. The van der Waals surface area contributed by atoms with Crippen LogP contribution in [0.1, 0.15) is 0 Å². The van der Waals surface area contributed by atoms with Crippen molar-refractivity contribution in [3.05, 3.63) is 115 Å². The van der Waals surface area contributed by atoms with Gasteiger partial charge in [-0.2, -0.15) is 0 Å². The van der Waals surface area contributed by atoms with E-state index in [0.717, 1.165) is 45.4 Å². The topological polar surface area (TPSA) is 41.0 Å². The lowest BCUT2D eigenvalue weighted by Crippen LogP contribution is -2.19. The van der Waals surface area contributed by atoms with Crippen LogP contribution >= 0.6 is 0 Å². The van der Waals surface area contributed by atoms with E-state index in [1.54, 1.807) is 0 Å². The second kappa shape index (κ2) is 7.67. The minimum Gasteiger partial charge on any atom is -0.352 e. The Labute approximate surface area is 186 Å². The third kappa shape index (κ3) is 3.19. The average molecular weight is 412 g/mol. The van der Waals surface area contributed by atoms with Crippen LogP contribution in [0.4, 0.5) is 28.6 Å². The Hall–Kier alpha value is -4.44. The summed E-state index contributed by atoms with van der Waals surface area (Å²) >= 11 is 0. The molecule has 1 aliphatic rings. The van der Waals surface area contributed by atoms with E-state index in [-0.39, 0.29) is 0 Å². The van der Waals surface area contributed by atoms with Crippen molar-refractivity contribution in [2.45, 2.75) is 0 Å². The monoisotopic (exact) mass is 412 g/mol. The molecule has 0 aliphatic carbocycles. The molecule has 0 bridgehead atoms. The molecule has 2 heterocycles. The predicted octanol–water partition coefficient (Wildman–Crippen LogP) is 7.34. The van der Waals surface area contributed by atoms with Gasteiger partial charge in [-0.05, 0) is 24.3 Å². The maximum atomic E-state index is 5.04. The molecule has 1 aromatic heterocycles. The second-order valence-electron chi connectivity index (χ2n) is 7.66. The van der Waals surface area contributed by atoms with Gasteiger partial charge in [0.25, 0.3) is 0 Å². The van der Waals surface area contributed by atoms with Gasteiger partial charge in [-0.3, -0.25) is 4.90 Å². The largest absolute Gasteiger partial charge is 0.352 e. The van der Waals surface area contributed by atoms with Crippen molar-refractivity contribution in [2.24, 2.45) is 0 Å². The Morgan fingerprint density at radius 2 is 1.06 bits per heavy atom. The minimum atomic E-state index is 0.704. The smallest absolute Gasteiger partial charge is 0.162 e. The van der Waals surface area contributed by atoms with Crippen molar-refractivity contribution in [1.29, 1.82) is 0 Å². The van der Waals surface area contributed by atoms with Gasteiger partial charge >= 0.3 is 0 Å². The quantitative estimate of drug-likeness (QED) is 0.330. The van der Waals surface area contributed by atoms with Gasteiger partial charge in [-0.15, -0.1) is 0 Å². The lowest BCUT2D eigenvalue weighted by atomic mass is 10.1. The van der Waals surface area contributed by atoms with Gasteiger partial charge in [-0.1, -0.05) is 84.9 Å². The van der Waals surface area contributed by atoms with Gasteiger partial charge < -0.3 is 5.32 Å². The van der Waals surface area contributed by atoms with Crippen LogP contribution in [0, 0.1) is 0 Å². The fourth-order valence-electron chi connectivity index (χ4n) is 4.09. The number of anilines is 5. The zero-order valence-corrected chi connectivity index (χ0v) is 17.3. The highest BCUT2D eigenvalue weighted by atomic mass is 15.3. The molecule has 1 aliphatic heterocycles. The van der Waals surface area contributed by atoms with Crippen LogP contribution in [0.3, 0.4) is 0 Å². The van der Waals surface area contributed by atoms with E-state index in [1.807, 2.05) is 60.7 Å². The van der Waals surface area contributed by atoms with E-state index in [2.05, 4.69) is 64.8 Å². The molecule has 0 saturated heterocycles. The molecule has 0 amide bonds. The van der Waals surface area contributed by atoms with Gasteiger partial charge in [0.05, 0.1) is 28.4 Å². The third-order valence-electron chi connectivity index (χ3n) is 5.60. The lowest BCUT2D eigenvalue weighted by Gasteiger charge is -2.33. The number of benzene rings is 4. The normalized spacial score (nSPS) is 11.9. The van der Waals surface area contributed by atoms with Crippen molar-refractivity contribution in [3.63, 3.8) is 0 Å². The molecular formula is C28H20N4. The highest BCUT2D eigenvalue weighted by Crippen LogP contribution is 2.47. The number of hydrogen-bond donors (Lipinski definition) is 1. The molecule has 4 nitrogen and oxygen atoms in total. The molecule has 4 heteroatoms. The molecule has 0 saturated carbocycles. The number of para-hydroxylation sites is 4. The third-order valence-corrected chi connectivity index (χ3v) is 5.60. The molecule has 0 atom stereocenters. The molecule has 1 N–H and O–H groups in total. The van der Waals surface area contributed by atoms with Gasteiger partial charge in [0.15, 0.2) is 5.82 Å². The van der Waals surface area contributed by atoms with E-state index in [1.165, 1.54) is 0 Å². The number of nitrogens with one attached hydrogen (secondary N) is 1. The summed E-state index contributed by atoms with van der Waals surface area (Å²) in [7, 11) is 0. The van der Waals surface area contributed by atoms with Crippen LogP contribution in [0.25, 0.3) is 22.6 Å². The van der Waals surface area contributed by atoms with Crippen molar-refractivity contribution >= 4 is 28.6 Å². The summed E-state index contributed by atoms with van der Waals surface area (Å²) in [6, 6.07) is 39.1. The molecule has 32 heavy (non-hydrogen) atoms. The van der Waals surface area contributed by atoms with Crippen molar-refractivity contribution in [2.75, 3.05) is 10.2 Å². The van der Waals surface area contributed by atoms with E-state index < -0.39 is 0 Å². The van der Waals surface area contributed by atoms with Crippen LogP contribution in [0.15, 0.2) is 115 Å². The molecule has 0 fully saturated rings. The summed E-state index contributed by atoms with van der Waals surface area (Å²) in [6.45, 7) is 0. The number of hydrogen-bond acceptors (Lipinski definition) is 4. The summed E-state index contributed by atoms with van der Waals surface area (Å²) in [4.78, 5) is 12.2. The molecule has 4 aromatic carbocycles. The maximum absolute atomic E-state index is 5.04. The van der Waals surface area contributed by atoms with Crippen molar-refractivity contribution < 1.29 is 0 Å². The van der Waals surface area contributed by atoms with Gasteiger partial charge in [0, 0.05) is 17.2 Å². The maximum Gasteiger partial charge on any atom is 0.162 e. The number of nitrogens with zero attached hydrogens (tertiary/aromatic N) is 3. The SMILES string of the molecule is c1ccc(-c2cc(N3c4ccccc4Nc4ccccc43)nc(-c3ccccc3)n2)cc1. The highest BCUT2D eigenvalue weighted by molar-refractivity contribution is 5.96. The van der Waals surface area contributed by atoms with E-state index >= 15 is 0 Å². The van der Waals surface area contributed by atoms with Crippen LogP contribution in [0.2, 0.25) is 0 Å². The summed E-state index contributed by atoms with van der Waals surface area (Å²) in [5, 5.41) is 3.55. The number of fused-ring (bicyclic) bond motifs is 2. The Morgan fingerprint density at radius 1 is 0.531 bits per heavy atom. The number of aromatic nitrogens is 2. The summed E-state index contributed by atoms with van der Waals surface area (Å²) < 4.78 is 0.